The van der Waals surface area contributed by atoms with E-state index in [0.717, 1.165) is 0 Å². The minimum Gasteiger partial charge on any atom is -0.344 e. The van der Waals surface area contributed by atoms with Gasteiger partial charge in [-0.05, 0) is 17.6 Å². The van der Waals surface area contributed by atoms with Crippen LogP contribution in [0.1, 0.15) is 20.3 Å². The smallest absolute Gasteiger partial charge is 0.265 e. The van der Waals surface area contributed by atoms with Crippen LogP contribution < -0.4 is 6.15 Å². The average Bonchev–Trinajstić information content (AvgIpc) is 1.53. The molecule has 0 saturated carbocycles. The van der Waals surface area contributed by atoms with Crippen molar-refractivity contribution in [3.63, 3.8) is 0 Å². The lowest BCUT2D eigenvalue weighted by atomic mass is 10.1. The van der Waals surface area contributed by atoms with Crippen molar-refractivity contribution in [2.45, 2.75) is 25.5 Å². The normalized spacial score (nSPS) is 16.3. The van der Waals surface area contributed by atoms with Crippen LogP contribution in [-0.2, 0) is 10.1 Å². The fourth-order valence-electron chi connectivity index (χ4n) is 1.01. The number of hydrogen-bond acceptors (Lipinski definition) is 4. The molecule has 4 N–H and O–H groups in total. The molecule has 0 aliphatic rings. The molecule has 76 valence electrons. The van der Waals surface area contributed by atoms with E-state index in [-0.39, 0.29) is 23.1 Å². The van der Waals surface area contributed by atoms with Gasteiger partial charge in [-0.2, -0.15) is 21.0 Å². The standard InChI is InChI=1S/C6H14O3S2.H3N/c1-5(3-6(2)10)4-11(7,8)9;/h5-6,10H,3-4H2,1-2H3,(H,7,8,9);1H3. The van der Waals surface area contributed by atoms with Gasteiger partial charge in [-0.15, -0.1) is 0 Å². The molecule has 4 nitrogen and oxygen atoms in total. The second kappa shape index (κ2) is 5.80. The van der Waals surface area contributed by atoms with Crippen molar-refractivity contribution in [3.05, 3.63) is 0 Å². The molecule has 0 rings (SSSR count). The van der Waals surface area contributed by atoms with Gasteiger partial charge >= 0.3 is 0 Å². The Hall–Kier alpha value is 0.220. The van der Waals surface area contributed by atoms with E-state index in [0.29, 0.717) is 6.42 Å². The molecule has 2 unspecified atom stereocenters. The summed E-state index contributed by atoms with van der Waals surface area (Å²) in [6, 6.07) is 0. The molecular formula is C6H17NO3S2. The summed E-state index contributed by atoms with van der Waals surface area (Å²) in [6.07, 6.45) is 0.697. The largest absolute Gasteiger partial charge is 0.344 e. The molecule has 0 aromatic heterocycles. The number of hydrogen-bond donors (Lipinski definition) is 3. The van der Waals surface area contributed by atoms with Crippen LogP contribution in [0.15, 0.2) is 0 Å². The summed E-state index contributed by atoms with van der Waals surface area (Å²) in [7, 11) is -3.80. The van der Waals surface area contributed by atoms with Crippen LogP contribution in [0.4, 0.5) is 0 Å². The summed E-state index contributed by atoms with van der Waals surface area (Å²) >= 11 is 4.11. The molecule has 0 spiro atoms. The van der Waals surface area contributed by atoms with Gasteiger partial charge in [0.2, 0.25) is 0 Å². The second-order valence-electron chi connectivity index (χ2n) is 2.94. The SMILES string of the molecule is CC(S)CC(C)CS(=O)(=O)O.N. The first kappa shape index (κ1) is 14.7. The van der Waals surface area contributed by atoms with Gasteiger partial charge in [-0.25, -0.2) is 0 Å². The molecule has 0 heterocycles. The molecule has 0 aromatic carbocycles. The zero-order valence-corrected chi connectivity index (χ0v) is 9.11. The van der Waals surface area contributed by atoms with Gasteiger partial charge in [0.25, 0.3) is 10.1 Å². The molecule has 0 fully saturated rings. The molecule has 0 saturated heterocycles. The third-order valence-corrected chi connectivity index (χ3v) is 2.44. The highest BCUT2D eigenvalue weighted by molar-refractivity contribution is 7.85. The molecule has 0 aromatic rings. The Morgan fingerprint density at radius 3 is 2.08 bits per heavy atom. The maximum atomic E-state index is 10.4. The van der Waals surface area contributed by atoms with Crippen molar-refractivity contribution in [1.29, 1.82) is 0 Å². The van der Waals surface area contributed by atoms with E-state index in [1.54, 1.807) is 6.92 Å². The van der Waals surface area contributed by atoms with Crippen molar-refractivity contribution >= 4 is 22.7 Å². The van der Waals surface area contributed by atoms with E-state index in [4.69, 9.17) is 4.55 Å². The van der Waals surface area contributed by atoms with Crippen molar-refractivity contribution in [2.24, 2.45) is 5.92 Å². The highest BCUT2D eigenvalue weighted by atomic mass is 32.2. The summed E-state index contributed by atoms with van der Waals surface area (Å²) in [6.45, 7) is 3.67. The van der Waals surface area contributed by atoms with Crippen molar-refractivity contribution in [2.75, 3.05) is 5.75 Å². The quantitative estimate of drug-likeness (QED) is 0.488. The highest BCUT2D eigenvalue weighted by Gasteiger charge is 2.13. The van der Waals surface area contributed by atoms with Gasteiger partial charge in [0, 0.05) is 0 Å². The fourth-order valence-corrected chi connectivity index (χ4v) is 2.22. The van der Waals surface area contributed by atoms with Crippen LogP contribution in [-0.4, -0.2) is 24.0 Å². The van der Waals surface area contributed by atoms with Crippen LogP contribution in [0.2, 0.25) is 0 Å². The van der Waals surface area contributed by atoms with Crippen LogP contribution in [0.25, 0.3) is 0 Å². The summed E-state index contributed by atoms with van der Waals surface area (Å²) in [5, 5.41) is 0.173. The summed E-state index contributed by atoms with van der Waals surface area (Å²) in [4.78, 5) is 0. The fraction of sp³-hybridized carbons (Fsp3) is 1.00. The van der Waals surface area contributed by atoms with Crippen molar-refractivity contribution in [1.82, 2.24) is 6.15 Å². The van der Waals surface area contributed by atoms with Gasteiger partial charge in [0.15, 0.2) is 0 Å². The Kier molecular flexibility index (Phi) is 7.11. The summed E-state index contributed by atoms with van der Waals surface area (Å²) in [5.74, 6) is -0.199. The monoisotopic (exact) mass is 215 g/mol. The zero-order chi connectivity index (χ0) is 9.07. The maximum absolute atomic E-state index is 10.4. The first-order valence-electron chi connectivity index (χ1n) is 3.44. The lowest BCUT2D eigenvalue weighted by molar-refractivity contribution is 0.464. The average molecular weight is 215 g/mol. The van der Waals surface area contributed by atoms with E-state index >= 15 is 0 Å². The van der Waals surface area contributed by atoms with Crippen LogP contribution in [0.5, 0.6) is 0 Å². The third kappa shape index (κ3) is 10.2. The number of rotatable bonds is 4. The first-order chi connectivity index (χ1) is 4.81. The third-order valence-electron chi connectivity index (χ3n) is 1.24. The molecule has 2 atom stereocenters. The van der Waals surface area contributed by atoms with Crippen molar-refractivity contribution in [3.8, 4) is 0 Å². The molecule has 0 radical (unpaired) electrons. The van der Waals surface area contributed by atoms with E-state index in [1.807, 2.05) is 6.92 Å². The Balaban J connectivity index is 0. The lowest BCUT2D eigenvalue weighted by Gasteiger charge is -2.10. The maximum Gasteiger partial charge on any atom is 0.265 e. The van der Waals surface area contributed by atoms with E-state index in [1.165, 1.54) is 0 Å². The van der Waals surface area contributed by atoms with Crippen molar-refractivity contribution < 1.29 is 13.0 Å². The van der Waals surface area contributed by atoms with Crippen LogP contribution in [0.3, 0.4) is 0 Å². The Bertz CT molecular complexity index is 201. The van der Waals surface area contributed by atoms with E-state index < -0.39 is 10.1 Å². The van der Waals surface area contributed by atoms with Gasteiger partial charge < -0.3 is 6.15 Å². The Morgan fingerprint density at radius 2 is 1.83 bits per heavy atom. The predicted molar refractivity (Wildman–Crippen MR) is 53.7 cm³/mol. The lowest BCUT2D eigenvalue weighted by Crippen LogP contribution is -2.15. The molecule has 12 heavy (non-hydrogen) atoms. The molecule has 0 amide bonds. The Labute approximate surface area is 79.5 Å². The Morgan fingerprint density at radius 1 is 1.42 bits per heavy atom. The molecular weight excluding hydrogens is 198 g/mol. The minimum atomic E-state index is -3.80. The highest BCUT2D eigenvalue weighted by Crippen LogP contribution is 2.11. The van der Waals surface area contributed by atoms with Crippen LogP contribution >= 0.6 is 12.6 Å². The molecule has 6 heteroatoms. The van der Waals surface area contributed by atoms with E-state index in [2.05, 4.69) is 12.6 Å². The molecule has 0 aliphatic heterocycles. The summed E-state index contributed by atoms with van der Waals surface area (Å²) < 4.78 is 29.2. The summed E-state index contributed by atoms with van der Waals surface area (Å²) in [5.41, 5.74) is 0. The van der Waals surface area contributed by atoms with Gasteiger partial charge in [-0.3, -0.25) is 4.55 Å². The topological polar surface area (TPSA) is 89.4 Å². The van der Waals surface area contributed by atoms with Gasteiger partial charge in [-0.1, -0.05) is 13.8 Å². The molecule has 0 bridgehead atoms. The van der Waals surface area contributed by atoms with Gasteiger partial charge in [0.05, 0.1) is 5.75 Å². The zero-order valence-electron chi connectivity index (χ0n) is 7.40. The van der Waals surface area contributed by atoms with Crippen LogP contribution in [0, 0.1) is 5.92 Å². The molecule has 0 aliphatic carbocycles. The minimum absolute atomic E-state index is 0. The number of thiol groups is 1. The first-order valence-corrected chi connectivity index (χ1v) is 5.57. The predicted octanol–water partition coefficient (Wildman–Crippen LogP) is 1.38. The van der Waals surface area contributed by atoms with Gasteiger partial charge in [0.1, 0.15) is 0 Å². The second-order valence-corrected chi connectivity index (χ2v) is 5.32. The van der Waals surface area contributed by atoms with E-state index in [9.17, 15) is 8.42 Å².